The molecule has 3 amide bonds. The molecule has 2 N–H and O–H groups in total. The van der Waals surface area contributed by atoms with Crippen LogP contribution >= 0.6 is 0 Å². The number of aliphatic hydroxyl groups excluding tert-OH is 1. The van der Waals surface area contributed by atoms with Gasteiger partial charge in [-0.3, -0.25) is 14.6 Å². The fraction of sp³-hybridized carbons (Fsp3) is 0.429. The molecule has 0 bridgehead atoms. The SMILES string of the molecule is O=C1[C@@H]2Cc3c([nH]c4ccccc34)[C@@H](c3ccc4c(c3)OCO4)N2C(=O)N1CCCCCCCCO. The third-order valence-electron chi connectivity index (χ3n) is 7.64. The Morgan fingerprint density at radius 1 is 0.944 bits per heavy atom. The predicted molar refractivity (Wildman–Crippen MR) is 134 cm³/mol. The monoisotopic (exact) mass is 489 g/mol. The van der Waals surface area contributed by atoms with Crippen molar-refractivity contribution in [1.29, 1.82) is 0 Å². The highest BCUT2D eigenvalue weighted by Gasteiger charge is 2.52. The van der Waals surface area contributed by atoms with Gasteiger partial charge in [-0.05, 0) is 42.2 Å². The van der Waals surface area contributed by atoms with Crippen molar-refractivity contribution in [3.63, 3.8) is 0 Å². The van der Waals surface area contributed by atoms with E-state index in [1.807, 2.05) is 36.4 Å². The molecule has 2 atom stereocenters. The van der Waals surface area contributed by atoms with Crippen LogP contribution in [0.5, 0.6) is 11.5 Å². The van der Waals surface area contributed by atoms with E-state index < -0.39 is 12.1 Å². The Kier molecular flexibility index (Phi) is 6.05. The zero-order valence-electron chi connectivity index (χ0n) is 20.2. The largest absolute Gasteiger partial charge is 0.454 e. The van der Waals surface area contributed by atoms with E-state index >= 15 is 0 Å². The minimum Gasteiger partial charge on any atom is -0.454 e. The van der Waals surface area contributed by atoms with E-state index in [1.165, 1.54) is 4.90 Å². The minimum atomic E-state index is -0.524. The van der Waals surface area contributed by atoms with Crippen molar-refractivity contribution in [2.24, 2.45) is 0 Å². The quantitative estimate of drug-likeness (QED) is 0.341. The summed E-state index contributed by atoms with van der Waals surface area (Å²) in [6.45, 7) is 0.849. The Hall–Kier alpha value is -3.52. The lowest BCUT2D eigenvalue weighted by Crippen LogP contribution is -2.44. The Morgan fingerprint density at radius 2 is 1.72 bits per heavy atom. The van der Waals surface area contributed by atoms with E-state index in [2.05, 4.69) is 11.1 Å². The number of aliphatic hydroxyl groups is 1. The number of urea groups is 1. The van der Waals surface area contributed by atoms with Gasteiger partial charge in [-0.25, -0.2) is 4.79 Å². The Labute approximate surface area is 209 Å². The van der Waals surface area contributed by atoms with E-state index in [0.717, 1.165) is 66.2 Å². The van der Waals surface area contributed by atoms with Crippen molar-refractivity contribution in [3.05, 3.63) is 59.3 Å². The number of amides is 3. The zero-order valence-corrected chi connectivity index (χ0v) is 20.2. The lowest BCUT2D eigenvalue weighted by Gasteiger charge is -2.36. The average Bonchev–Trinajstić information content (AvgIpc) is 3.57. The van der Waals surface area contributed by atoms with Crippen LogP contribution in [0.15, 0.2) is 42.5 Å². The summed E-state index contributed by atoms with van der Waals surface area (Å²) in [5, 5.41) is 10.0. The Bertz CT molecular complexity index is 1300. The van der Waals surface area contributed by atoms with Gasteiger partial charge in [-0.2, -0.15) is 0 Å². The maximum absolute atomic E-state index is 13.7. The number of fused-ring (bicyclic) bond motifs is 5. The molecule has 0 radical (unpaired) electrons. The van der Waals surface area contributed by atoms with E-state index in [4.69, 9.17) is 14.6 Å². The molecule has 4 heterocycles. The van der Waals surface area contributed by atoms with E-state index in [9.17, 15) is 9.59 Å². The molecular formula is C28H31N3O5. The van der Waals surface area contributed by atoms with Crippen molar-refractivity contribution < 1.29 is 24.2 Å². The molecule has 188 valence electrons. The fourth-order valence-corrected chi connectivity index (χ4v) is 5.85. The summed E-state index contributed by atoms with van der Waals surface area (Å²) in [6.07, 6.45) is 6.20. The number of aromatic amines is 1. The van der Waals surface area contributed by atoms with E-state index in [1.54, 1.807) is 4.90 Å². The molecular weight excluding hydrogens is 458 g/mol. The number of imide groups is 1. The van der Waals surface area contributed by atoms with Gasteiger partial charge >= 0.3 is 6.03 Å². The molecule has 6 rings (SSSR count). The number of aromatic nitrogens is 1. The minimum absolute atomic E-state index is 0.109. The number of nitrogens with zero attached hydrogens (tertiary/aromatic N) is 2. The molecule has 0 unspecified atom stereocenters. The summed E-state index contributed by atoms with van der Waals surface area (Å²) in [5.41, 5.74) is 3.95. The second-order valence-electron chi connectivity index (χ2n) is 9.82. The van der Waals surface area contributed by atoms with Gasteiger partial charge in [0.05, 0.1) is 0 Å². The molecule has 8 nitrogen and oxygen atoms in total. The number of nitrogens with one attached hydrogen (secondary N) is 1. The second-order valence-corrected chi connectivity index (χ2v) is 9.82. The molecule has 1 aromatic heterocycles. The van der Waals surface area contributed by atoms with Gasteiger partial charge in [0.25, 0.3) is 5.91 Å². The lowest BCUT2D eigenvalue weighted by molar-refractivity contribution is -0.128. The van der Waals surface area contributed by atoms with Crippen LogP contribution in [0.25, 0.3) is 10.9 Å². The first-order valence-electron chi connectivity index (χ1n) is 12.9. The number of ether oxygens (including phenoxy) is 2. The molecule has 3 aliphatic heterocycles. The first-order valence-corrected chi connectivity index (χ1v) is 12.9. The lowest BCUT2D eigenvalue weighted by atomic mass is 9.88. The molecule has 1 saturated heterocycles. The van der Waals surface area contributed by atoms with Gasteiger partial charge < -0.3 is 19.6 Å². The van der Waals surface area contributed by atoms with Crippen molar-refractivity contribution in [3.8, 4) is 11.5 Å². The summed E-state index contributed by atoms with van der Waals surface area (Å²) in [7, 11) is 0. The highest BCUT2D eigenvalue weighted by Crippen LogP contribution is 2.46. The molecule has 36 heavy (non-hydrogen) atoms. The number of unbranched alkanes of at least 4 members (excludes halogenated alkanes) is 5. The van der Waals surface area contributed by atoms with Gasteiger partial charge in [-0.1, -0.05) is 49.9 Å². The molecule has 1 fully saturated rings. The second kappa shape index (κ2) is 9.50. The highest BCUT2D eigenvalue weighted by atomic mass is 16.7. The summed E-state index contributed by atoms with van der Waals surface area (Å²) in [6, 6.07) is 12.7. The standard InChI is InChI=1S/C28H31N3O5/c32-14-8-4-2-1-3-7-13-30-27(33)22-16-20-19-9-5-6-10-21(19)29-25(20)26(31(22)28(30)34)18-11-12-23-24(15-18)36-17-35-23/h5-6,9-12,15,22,26,29,32H,1-4,7-8,13-14,16-17H2/t22-,26+/m0/s1. The molecule has 0 spiro atoms. The van der Waals surface area contributed by atoms with Gasteiger partial charge in [0.1, 0.15) is 12.1 Å². The van der Waals surface area contributed by atoms with Crippen LogP contribution in [0.1, 0.15) is 61.4 Å². The molecule has 2 aromatic carbocycles. The number of para-hydroxylation sites is 1. The summed E-state index contributed by atoms with van der Waals surface area (Å²) in [5.74, 6) is 1.23. The molecule has 0 saturated carbocycles. The van der Waals surface area contributed by atoms with Crippen molar-refractivity contribution in [1.82, 2.24) is 14.8 Å². The molecule has 0 aliphatic carbocycles. The maximum atomic E-state index is 13.7. The van der Waals surface area contributed by atoms with Crippen molar-refractivity contribution in [2.75, 3.05) is 19.9 Å². The fourth-order valence-electron chi connectivity index (χ4n) is 5.85. The van der Waals surface area contributed by atoms with Crippen LogP contribution in [0.2, 0.25) is 0 Å². The number of hydrogen-bond donors (Lipinski definition) is 2. The van der Waals surface area contributed by atoms with Crippen LogP contribution in [0, 0.1) is 0 Å². The Morgan fingerprint density at radius 3 is 2.58 bits per heavy atom. The highest BCUT2D eigenvalue weighted by molar-refractivity contribution is 6.05. The normalized spacial score (nSPS) is 20.4. The van der Waals surface area contributed by atoms with Crippen molar-refractivity contribution >= 4 is 22.8 Å². The summed E-state index contributed by atoms with van der Waals surface area (Å²) < 4.78 is 11.1. The first kappa shape index (κ1) is 22.9. The van der Waals surface area contributed by atoms with Gasteiger partial charge in [0, 0.05) is 36.2 Å². The topological polar surface area (TPSA) is 95.1 Å². The van der Waals surface area contributed by atoms with Gasteiger partial charge in [0.2, 0.25) is 6.79 Å². The van der Waals surface area contributed by atoms with Crippen LogP contribution in [0.3, 0.4) is 0 Å². The molecule has 8 heteroatoms. The third-order valence-corrected chi connectivity index (χ3v) is 7.64. The van der Waals surface area contributed by atoms with Gasteiger partial charge in [-0.15, -0.1) is 0 Å². The molecule has 3 aromatic rings. The predicted octanol–water partition coefficient (Wildman–Crippen LogP) is 4.51. The number of rotatable bonds is 9. The van der Waals surface area contributed by atoms with Crippen LogP contribution in [-0.4, -0.2) is 57.8 Å². The molecule has 3 aliphatic rings. The zero-order chi connectivity index (χ0) is 24.6. The Balaban J connectivity index is 1.30. The smallest absolute Gasteiger partial charge is 0.328 e. The number of hydrogen-bond acceptors (Lipinski definition) is 5. The summed E-state index contributed by atoms with van der Waals surface area (Å²) >= 11 is 0. The van der Waals surface area contributed by atoms with Crippen LogP contribution in [0.4, 0.5) is 4.79 Å². The first-order chi connectivity index (χ1) is 17.7. The van der Waals surface area contributed by atoms with Gasteiger partial charge in [0.15, 0.2) is 11.5 Å². The number of carbonyl (C=O) groups is 2. The van der Waals surface area contributed by atoms with Crippen LogP contribution in [-0.2, 0) is 11.2 Å². The third kappa shape index (κ3) is 3.80. The average molecular weight is 490 g/mol. The van der Waals surface area contributed by atoms with Crippen LogP contribution < -0.4 is 9.47 Å². The number of H-pyrrole nitrogens is 1. The maximum Gasteiger partial charge on any atom is 0.328 e. The number of carbonyl (C=O) groups excluding carboxylic acids is 2. The number of benzene rings is 2. The van der Waals surface area contributed by atoms with E-state index in [-0.39, 0.29) is 25.3 Å². The van der Waals surface area contributed by atoms with Crippen molar-refractivity contribution in [2.45, 2.75) is 57.0 Å². The summed E-state index contributed by atoms with van der Waals surface area (Å²) in [4.78, 5) is 34.1. The van der Waals surface area contributed by atoms with E-state index in [0.29, 0.717) is 24.5 Å².